The van der Waals surface area contributed by atoms with E-state index in [1.54, 1.807) is 50.4 Å². The van der Waals surface area contributed by atoms with E-state index in [0.29, 0.717) is 33.9 Å². The molecule has 0 saturated heterocycles. The number of carbonyl (C=O) groups is 2. The van der Waals surface area contributed by atoms with E-state index in [2.05, 4.69) is 0 Å². The van der Waals surface area contributed by atoms with Gasteiger partial charge in [-0.25, -0.2) is 4.39 Å². The van der Waals surface area contributed by atoms with Gasteiger partial charge in [0, 0.05) is 16.7 Å². The van der Waals surface area contributed by atoms with Gasteiger partial charge in [0.1, 0.15) is 23.1 Å². The number of ketones is 2. The Bertz CT molecular complexity index is 1230. The first-order valence-electron chi connectivity index (χ1n) is 9.71. The fourth-order valence-electron chi connectivity index (χ4n) is 3.31. The predicted octanol–water partition coefficient (Wildman–Crippen LogP) is 5.67. The zero-order valence-corrected chi connectivity index (χ0v) is 18.0. The summed E-state index contributed by atoms with van der Waals surface area (Å²) >= 11 is 6.05. The molecule has 0 unspecified atom stereocenters. The minimum absolute atomic E-state index is 0.0402. The molecular formula is C25H18ClFO5. The summed E-state index contributed by atoms with van der Waals surface area (Å²) in [6, 6.07) is 14.1. The van der Waals surface area contributed by atoms with Crippen molar-refractivity contribution in [3.8, 4) is 17.2 Å². The van der Waals surface area contributed by atoms with Crippen molar-refractivity contribution in [3.63, 3.8) is 0 Å². The second-order valence-corrected chi connectivity index (χ2v) is 7.49. The molecule has 0 saturated carbocycles. The maximum Gasteiger partial charge on any atom is 0.231 e. The molecule has 1 heterocycles. The monoisotopic (exact) mass is 452 g/mol. The van der Waals surface area contributed by atoms with Crippen molar-refractivity contribution in [1.29, 1.82) is 0 Å². The summed E-state index contributed by atoms with van der Waals surface area (Å²) in [6.07, 6.45) is 1.28. The molecule has 0 N–H and O–H groups in total. The van der Waals surface area contributed by atoms with Gasteiger partial charge in [-0.3, -0.25) is 9.59 Å². The molecule has 7 heteroatoms. The van der Waals surface area contributed by atoms with E-state index in [9.17, 15) is 14.0 Å². The van der Waals surface area contributed by atoms with Crippen LogP contribution < -0.4 is 14.2 Å². The highest BCUT2D eigenvalue weighted by molar-refractivity contribution is 6.32. The van der Waals surface area contributed by atoms with Crippen LogP contribution in [0.3, 0.4) is 0 Å². The van der Waals surface area contributed by atoms with Gasteiger partial charge >= 0.3 is 0 Å². The number of fused-ring (bicyclic) bond motifs is 1. The molecule has 0 bridgehead atoms. The highest BCUT2D eigenvalue weighted by Gasteiger charge is 2.30. The molecule has 0 amide bonds. The Morgan fingerprint density at radius 3 is 2.56 bits per heavy atom. The molecule has 0 fully saturated rings. The Balaban J connectivity index is 1.53. The largest absolute Gasteiger partial charge is 0.497 e. The van der Waals surface area contributed by atoms with Gasteiger partial charge in [0.2, 0.25) is 5.78 Å². The van der Waals surface area contributed by atoms with Gasteiger partial charge in [-0.15, -0.1) is 0 Å². The number of Topliss-reactive ketones (excluding diaryl/α,β-unsaturated/α-hetero) is 2. The lowest BCUT2D eigenvalue weighted by atomic mass is 10.1. The molecule has 0 atom stereocenters. The molecular weight excluding hydrogens is 435 g/mol. The van der Waals surface area contributed by atoms with Gasteiger partial charge < -0.3 is 14.2 Å². The molecule has 0 radical (unpaired) electrons. The lowest BCUT2D eigenvalue weighted by molar-refractivity contribution is 0.0920. The van der Waals surface area contributed by atoms with Crippen molar-refractivity contribution < 1.29 is 28.2 Å². The van der Waals surface area contributed by atoms with Crippen LogP contribution in [-0.4, -0.2) is 25.3 Å². The van der Waals surface area contributed by atoms with Crippen LogP contribution in [0.2, 0.25) is 5.02 Å². The van der Waals surface area contributed by atoms with Crippen LogP contribution in [0.25, 0.3) is 6.08 Å². The normalized spacial score (nSPS) is 13.6. The molecule has 3 aromatic rings. The summed E-state index contributed by atoms with van der Waals surface area (Å²) in [5.41, 5.74) is 1.45. The van der Waals surface area contributed by atoms with Crippen LogP contribution in [0.5, 0.6) is 17.2 Å². The summed E-state index contributed by atoms with van der Waals surface area (Å²) in [5.74, 6) is 0.172. The first-order valence-corrected chi connectivity index (χ1v) is 10.1. The van der Waals surface area contributed by atoms with E-state index >= 15 is 0 Å². The SMILES string of the molecule is COc1ccc(C(=O)COc2ccc3c(c2C)O/C(=C\c2c(F)cccc2Cl)C3=O)cc1. The fourth-order valence-corrected chi connectivity index (χ4v) is 3.53. The summed E-state index contributed by atoms with van der Waals surface area (Å²) in [6.45, 7) is 1.53. The van der Waals surface area contributed by atoms with Crippen molar-refractivity contribution in [3.05, 3.63) is 93.5 Å². The third kappa shape index (κ3) is 4.09. The lowest BCUT2D eigenvalue weighted by Crippen LogP contribution is -2.12. The molecule has 3 aromatic carbocycles. The van der Waals surface area contributed by atoms with Crippen LogP contribution in [-0.2, 0) is 0 Å². The number of carbonyl (C=O) groups excluding carboxylic acids is 2. The van der Waals surface area contributed by atoms with E-state index in [1.807, 2.05) is 0 Å². The van der Waals surface area contributed by atoms with Crippen LogP contribution in [0.4, 0.5) is 4.39 Å². The number of benzene rings is 3. The molecule has 5 nitrogen and oxygen atoms in total. The maximum atomic E-state index is 14.1. The predicted molar refractivity (Wildman–Crippen MR) is 118 cm³/mol. The first-order chi connectivity index (χ1) is 15.4. The Hall–Kier alpha value is -3.64. The molecule has 32 heavy (non-hydrogen) atoms. The van der Waals surface area contributed by atoms with Crippen molar-refractivity contribution in [2.75, 3.05) is 13.7 Å². The van der Waals surface area contributed by atoms with Gasteiger partial charge in [-0.2, -0.15) is 0 Å². The van der Waals surface area contributed by atoms with Gasteiger partial charge in [-0.1, -0.05) is 17.7 Å². The van der Waals surface area contributed by atoms with Crippen LogP contribution in [0, 0.1) is 12.7 Å². The lowest BCUT2D eigenvalue weighted by Gasteiger charge is -2.11. The minimum Gasteiger partial charge on any atom is -0.497 e. The van der Waals surface area contributed by atoms with Crippen molar-refractivity contribution in [2.24, 2.45) is 0 Å². The van der Waals surface area contributed by atoms with Crippen molar-refractivity contribution in [2.45, 2.75) is 6.92 Å². The van der Waals surface area contributed by atoms with Gasteiger partial charge in [0.05, 0.1) is 17.7 Å². The minimum atomic E-state index is -0.560. The number of halogens is 2. The molecule has 0 aliphatic carbocycles. The second kappa shape index (κ2) is 8.85. The maximum absolute atomic E-state index is 14.1. The van der Waals surface area contributed by atoms with Crippen LogP contribution in [0.15, 0.2) is 60.4 Å². The number of allylic oxidation sites excluding steroid dienone is 1. The summed E-state index contributed by atoms with van der Waals surface area (Å²) < 4.78 is 30.6. The van der Waals surface area contributed by atoms with Crippen molar-refractivity contribution >= 4 is 29.2 Å². The number of rotatable bonds is 6. The Labute approximate surface area is 189 Å². The summed E-state index contributed by atoms with van der Waals surface area (Å²) in [5, 5.41) is 0.169. The highest BCUT2D eigenvalue weighted by atomic mass is 35.5. The topological polar surface area (TPSA) is 61.8 Å². The average Bonchev–Trinajstić information content (AvgIpc) is 3.12. The van der Waals surface area contributed by atoms with Gasteiger partial charge in [0.15, 0.2) is 18.1 Å². The molecule has 0 spiro atoms. The quantitative estimate of drug-likeness (QED) is 0.356. The Morgan fingerprint density at radius 1 is 1.12 bits per heavy atom. The van der Waals surface area contributed by atoms with Crippen LogP contribution in [0.1, 0.15) is 31.8 Å². The first kappa shape index (κ1) is 21.6. The zero-order chi connectivity index (χ0) is 22.8. The van der Waals surface area contributed by atoms with Crippen molar-refractivity contribution in [1.82, 2.24) is 0 Å². The van der Waals surface area contributed by atoms with E-state index in [0.717, 1.165) is 0 Å². The molecule has 0 aromatic heterocycles. The Morgan fingerprint density at radius 2 is 1.88 bits per heavy atom. The molecule has 162 valence electrons. The van der Waals surface area contributed by atoms with E-state index in [1.165, 1.54) is 24.3 Å². The number of ether oxygens (including phenoxy) is 3. The summed E-state index contributed by atoms with van der Waals surface area (Å²) in [7, 11) is 1.55. The fraction of sp³-hybridized carbons (Fsp3) is 0.120. The molecule has 4 rings (SSSR count). The molecule has 1 aliphatic heterocycles. The third-order valence-corrected chi connectivity index (χ3v) is 5.41. The van der Waals surface area contributed by atoms with E-state index < -0.39 is 5.82 Å². The third-order valence-electron chi connectivity index (χ3n) is 5.08. The zero-order valence-electron chi connectivity index (χ0n) is 17.3. The van der Waals surface area contributed by atoms with Gasteiger partial charge in [0.25, 0.3) is 0 Å². The smallest absolute Gasteiger partial charge is 0.231 e. The average molecular weight is 453 g/mol. The Kier molecular flexibility index (Phi) is 5.97. The van der Waals surface area contributed by atoms with Gasteiger partial charge in [-0.05, 0) is 61.5 Å². The van der Waals surface area contributed by atoms with E-state index in [-0.39, 0.29) is 34.5 Å². The number of hydrogen-bond acceptors (Lipinski definition) is 5. The highest BCUT2D eigenvalue weighted by Crippen LogP contribution is 2.39. The van der Waals surface area contributed by atoms with E-state index in [4.69, 9.17) is 25.8 Å². The molecule has 1 aliphatic rings. The number of hydrogen-bond donors (Lipinski definition) is 0. The number of methoxy groups -OCH3 is 1. The summed E-state index contributed by atoms with van der Waals surface area (Å²) in [4.78, 5) is 25.2. The standard InChI is InChI=1S/C25H18ClFO5/c1-14-22(31-13-21(28)15-6-8-16(30-2)9-7-15)11-10-17-24(29)23(32-25(14)17)12-18-19(26)4-3-5-20(18)27/h3-12H,13H2,1-2H3/b23-12-. The second-order valence-electron chi connectivity index (χ2n) is 7.08. The van der Waals surface area contributed by atoms with Crippen LogP contribution >= 0.6 is 11.6 Å².